The summed E-state index contributed by atoms with van der Waals surface area (Å²) in [5, 5.41) is 0. The standard InChI is InChI=1S/C15H24N2O/c1-12-11-17(8-9-18-12)14-13(6-5-7-16-14)10-15(2,3)4/h5-7,12H,8-11H2,1-4H3. The number of pyridine rings is 1. The molecular weight excluding hydrogens is 224 g/mol. The van der Waals surface area contributed by atoms with E-state index < -0.39 is 0 Å². The molecule has 1 atom stereocenters. The van der Waals surface area contributed by atoms with Crippen LogP contribution in [0.25, 0.3) is 0 Å². The molecule has 0 radical (unpaired) electrons. The van der Waals surface area contributed by atoms with Crippen molar-refractivity contribution in [2.24, 2.45) is 5.41 Å². The van der Waals surface area contributed by atoms with Gasteiger partial charge in [-0.25, -0.2) is 4.98 Å². The quantitative estimate of drug-likeness (QED) is 0.804. The van der Waals surface area contributed by atoms with Crippen LogP contribution in [0.2, 0.25) is 0 Å². The van der Waals surface area contributed by atoms with Gasteiger partial charge in [0.1, 0.15) is 5.82 Å². The van der Waals surface area contributed by atoms with Gasteiger partial charge in [-0.3, -0.25) is 0 Å². The largest absolute Gasteiger partial charge is 0.375 e. The first kappa shape index (κ1) is 13.3. The summed E-state index contributed by atoms with van der Waals surface area (Å²) >= 11 is 0. The molecule has 1 aromatic heterocycles. The Morgan fingerprint density at radius 3 is 2.89 bits per heavy atom. The van der Waals surface area contributed by atoms with Crippen LogP contribution in [-0.4, -0.2) is 30.8 Å². The second kappa shape index (κ2) is 5.27. The molecule has 0 spiro atoms. The fourth-order valence-electron chi connectivity index (χ4n) is 2.44. The van der Waals surface area contributed by atoms with E-state index in [1.807, 2.05) is 12.3 Å². The maximum absolute atomic E-state index is 5.60. The van der Waals surface area contributed by atoms with E-state index in [0.717, 1.165) is 31.9 Å². The van der Waals surface area contributed by atoms with Crippen molar-refractivity contribution in [2.45, 2.75) is 40.2 Å². The van der Waals surface area contributed by atoms with Crippen LogP contribution in [0.5, 0.6) is 0 Å². The average Bonchev–Trinajstić information content (AvgIpc) is 2.27. The molecule has 2 heterocycles. The van der Waals surface area contributed by atoms with Crippen molar-refractivity contribution in [2.75, 3.05) is 24.6 Å². The lowest BCUT2D eigenvalue weighted by atomic mass is 9.88. The zero-order chi connectivity index (χ0) is 13.2. The van der Waals surface area contributed by atoms with Crippen LogP contribution in [0.3, 0.4) is 0 Å². The van der Waals surface area contributed by atoms with E-state index in [1.165, 1.54) is 5.56 Å². The van der Waals surface area contributed by atoms with Gasteiger partial charge in [-0.2, -0.15) is 0 Å². The van der Waals surface area contributed by atoms with Gasteiger partial charge in [-0.15, -0.1) is 0 Å². The van der Waals surface area contributed by atoms with Crippen molar-refractivity contribution in [3.8, 4) is 0 Å². The topological polar surface area (TPSA) is 25.4 Å². The molecule has 0 aliphatic carbocycles. The molecule has 0 aromatic carbocycles. The molecule has 1 fully saturated rings. The van der Waals surface area contributed by atoms with Crippen LogP contribution in [0.4, 0.5) is 5.82 Å². The highest BCUT2D eigenvalue weighted by Crippen LogP contribution is 2.27. The van der Waals surface area contributed by atoms with Gasteiger partial charge < -0.3 is 9.64 Å². The predicted octanol–water partition coefficient (Wildman–Crippen LogP) is 2.90. The molecule has 2 rings (SSSR count). The Hall–Kier alpha value is -1.09. The van der Waals surface area contributed by atoms with Gasteiger partial charge in [0.2, 0.25) is 0 Å². The molecule has 100 valence electrons. The Morgan fingerprint density at radius 2 is 2.22 bits per heavy atom. The van der Waals surface area contributed by atoms with Crippen molar-refractivity contribution in [3.05, 3.63) is 23.9 Å². The first-order chi connectivity index (χ1) is 8.46. The zero-order valence-electron chi connectivity index (χ0n) is 11.9. The van der Waals surface area contributed by atoms with E-state index >= 15 is 0 Å². The molecule has 1 saturated heterocycles. The van der Waals surface area contributed by atoms with Crippen LogP contribution in [-0.2, 0) is 11.2 Å². The van der Waals surface area contributed by atoms with Crippen LogP contribution < -0.4 is 4.90 Å². The maximum atomic E-state index is 5.60. The summed E-state index contributed by atoms with van der Waals surface area (Å²) in [6, 6.07) is 4.24. The van der Waals surface area contributed by atoms with Gasteiger partial charge in [0.25, 0.3) is 0 Å². The molecule has 3 nitrogen and oxygen atoms in total. The normalized spacial score (nSPS) is 21.1. The fraction of sp³-hybridized carbons (Fsp3) is 0.667. The Morgan fingerprint density at radius 1 is 1.44 bits per heavy atom. The third kappa shape index (κ3) is 3.45. The Balaban J connectivity index is 2.21. The smallest absolute Gasteiger partial charge is 0.131 e. The lowest BCUT2D eigenvalue weighted by molar-refractivity contribution is 0.0528. The SMILES string of the molecule is CC1CN(c2ncccc2CC(C)(C)C)CCO1. The van der Waals surface area contributed by atoms with Crippen LogP contribution in [0, 0.1) is 5.41 Å². The van der Waals surface area contributed by atoms with Crippen LogP contribution in [0.1, 0.15) is 33.3 Å². The molecule has 3 heteroatoms. The Kier molecular flexibility index (Phi) is 3.91. The highest BCUT2D eigenvalue weighted by Gasteiger charge is 2.22. The molecule has 1 aliphatic rings. The van der Waals surface area contributed by atoms with Gasteiger partial charge in [-0.05, 0) is 30.4 Å². The molecule has 1 aliphatic heterocycles. The highest BCUT2D eigenvalue weighted by atomic mass is 16.5. The third-order valence-corrected chi connectivity index (χ3v) is 3.13. The summed E-state index contributed by atoms with van der Waals surface area (Å²) in [6.45, 7) is 11.6. The molecule has 18 heavy (non-hydrogen) atoms. The second-order valence-corrected chi connectivity index (χ2v) is 6.35. The molecule has 1 unspecified atom stereocenters. The molecule has 0 N–H and O–H groups in total. The number of ether oxygens (including phenoxy) is 1. The highest BCUT2D eigenvalue weighted by molar-refractivity contribution is 5.47. The van der Waals surface area contributed by atoms with Gasteiger partial charge >= 0.3 is 0 Å². The summed E-state index contributed by atoms with van der Waals surface area (Å²) in [4.78, 5) is 6.95. The van der Waals surface area contributed by atoms with Crippen LogP contribution in [0.15, 0.2) is 18.3 Å². The van der Waals surface area contributed by atoms with Crippen molar-refractivity contribution < 1.29 is 4.74 Å². The first-order valence-electron chi connectivity index (χ1n) is 6.76. The lowest BCUT2D eigenvalue weighted by Gasteiger charge is -2.34. The third-order valence-electron chi connectivity index (χ3n) is 3.13. The number of anilines is 1. The van der Waals surface area contributed by atoms with E-state index in [9.17, 15) is 0 Å². The minimum atomic E-state index is 0.287. The summed E-state index contributed by atoms with van der Waals surface area (Å²) in [5.41, 5.74) is 1.63. The molecular formula is C15H24N2O. The number of hydrogen-bond donors (Lipinski definition) is 0. The van der Waals surface area contributed by atoms with E-state index in [1.54, 1.807) is 0 Å². The number of aromatic nitrogens is 1. The second-order valence-electron chi connectivity index (χ2n) is 6.35. The monoisotopic (exact) mass is 248 g/mol. The molecule has 1 aromatic rings. The molecule has 0 bridgehead atoms. The Labute approximate surface area is 110 Å². The number of morpholine rings is 1. The van der Waals surface area contributed by atoms with E-state index in [0.29, 0.717) is 6.10 Å². The van der Waals surface area contributed by atoms with Crippen molar-refractivity contribution in [1.82, 2.24) is 4.98 Å². The van der Waals surface area contributed by atoms with E-state index in [-0.39, 0.29) is 5.41 Å². The Bertz CT molecular complexity index is 398. The predicted molar refractivity (Wildman–Crippen MR) is 75.0 cm³/mol. The number of nitrogens with zero attached hydrogens (tertiary/aromatic N) is 2. The van der Waals surface area contributed by atoms with E-state index in [2.05, 4.69) is 43.6 Å². The number of hydrogen-bond acceptors (Lipinski definition) is 3. The maximum Gasteiger partial charge on any atom is 0.131 e. The van der Waals surface area contributed by atoms with Gasteiger partial charge in [-0.1, -0.05) is 26.8 Å². The fourth-order valence-corrected chi connectivity index (χ4v) is 2.44. The molecule has 0 amide bonds. The van der Waals surface area contributed by atoms with Gasteiger partial charge in [0.15, 0.2) is 0 Å². The molecule has 0 saturated carbocycles. The minimum absolute atomic E-state index is 0.287. The number of rotatable bonds is 2. The average molecular weight is 248 g/mol. The zero-order valence-corrected chi connectivity index (χ0v) is 11.9. The van der Waals surface area contributed by atoms with Crippen molar-refractivity contribution in [1.29, 1.82) is 0 Å². The lowest BCUT2D eigenvalue weighted by Crippen LogP contribution is -2.42. The van der Waals surface area contributed by atoms with Crippen LogP contribution >= 0.6 is 0 Å². The first-order valence-corrected chi connectivity index (χ1v) is 6.76. The van der Waals surface area contributed by atoms with Gasteiger partial charge in [0, 0.05) is 19.3 Å². The summed E-state index contributed by atoms with van der Waals surface area (Å²) in [5.74, 6) is 1.14. The summed E-state index contributed by atoms with van der Waals surface area (Å²) < 4.78 is 5.60. The van der Waals surface area contributed by atoms with Crippen molar-refractivity contribution >= 4 is 5.82 Å². The van der Waals surface area contributed by atoms with E-state index in [4.69, 9.17) is 4.74 Å². The summed E-state index contributed by atoms with van der Waals surface area (Å²) in [7, 11) is 0. The van der Waals surface area contributed by atoms with Crippen molar-refractivity contribution in [3.63, 3.8) is 0 Å². The minimum Gasteiger partial charge on any atom is -0.375 e. The van der Waals surface area contributed by atoms with Gasteiger partial charge in [0.05, 0.1) is 12.7 Å². The summed E-state index contributed by atoms with van der Waals surface area (Å²) in [6.07, 6.45) is 3.24.